The first-order valence-electron chi connectivity index (χ1n) is 17.9. The summed E-state index contributed by atoms with van der Waals surface area (Å²) in [5.41, 5.74) is 0. The first-order valence-corrected chi connectivity index (χ1v) is 19.7. The number of rotatable bonds is 9. The molecule has 0 aromatic carbocycles. The Balaban J connectivity index is 1.27. The lowest BCUT2D eigenvalue weighted by Gasteiger charge is -2.50. The number of piperidine rings is 1. The number of amides is 2. The zero-order valence-electron chi connectivity index (χ0n) is 27.8. The van der Waals surface area contributed by atoms with Crippen LogP contribution in [0.5, 0.6) is 0 Å². The highest BCUT2D eigenvalue weighted by molar-refractivity contribution is 7.91. The number of morpholine rings is 1. The highest BCUT2D eigenvalue weighted by Gasteiger charge is 2.46. The summed E-state index contributed by atoms with van der Waals surface area (Å²) < 4.78 is 30.1. The van der Waals surface area contributed by atoms with Gasteiger partial charge in [-0.2, -0.15) is 0 Å². The van der Waals surface area contributed by atoms with Crippen molar-refractivity contribution >= 4 is 21.7 Å². The predicted molar refractivity (Wildman–Crippen MR) is 174 cm³/mol. The van der Waals surface area contributed by atoms with E-state index in [1.807, 2.05) is 6.92 Å². The first kappa shape index (κ1) is 34.1. The van der Waals surface area contributed by atoms with Crippen LogP contribution in [-0.2, 0) is 24.2 Å². The van der Waals surface area contributed by atoms with E-state index in [2.05, 4.69) is 41.2 Å². The standard InChI is InChI=1S/C34H60N4O5S/c1-5-38(29-10-16-44(41,42)17-11-29)32-20-28(27-8-6-26(7-9-27)22-37-12-14-43-15-13-37)19-30(25(32)4)33(39)35-21-31-23(2)18-24(3)36-34(31)40/h23-32H,5-22H2,1-4H3,(H,35,39)(H,36,40). The summed E-state index contributed by atoms with van der Waals surface area (Å²) in [6.07, 6.45) is 9.35. The molecule has 7 atom stereocenters. The van der Waals surface area contributed by atoms with E-state index in [-0.39, 0.29) is 65.1 Å². The number of carbonyl (C=O) groups excluding carboxylic acids is 2. The molecule has 5 rings (SSSR count). The van der Waals surface area contributed by atoms with E-state index in [4.69, 9.17) is 4.74 Å². The lowest BCUT2D eigenvalue weighted by Crippen LogP contribution is -2.56. The fraction of sp³-hybridized carbons (Fsp3) is 0.941. The molecule has 252 valence electrons. The van der Waals surface area contributed by atoms with Gasteiger partial charge in [-0.05, 0) is 101 Å². The number of nitrogens with one attached hydrogen (secondary N) is 2. The summed E-state index contributed by atoms with van der Waals surface area (Å²) in [6.45, 7) is 14.9. The third-order valence-corrected chi connectivity index (χ3v) is 14.0. The van der Waals surface area contributed by atoms with E-state index >= 15 is 0 Å². The Labute approximate surface area is 266 Å². The molecule has 3 heterocycles. The SMILES string of the molecule is CCN(C1CCS(=O)(=O)CC1)C1CC(C2CCC(CN3CCOCC3)CC2)CC(C(=O)NCC2C(=O)NC(C)CC2C)C1C. The van der Waals surface area contributed by atoms with Crippen molar-refractivity contribution in [3.8, 4) is 0 Å². The third kappa shape index (κ3) is 8.37. The Morgan fingerprint density at radius 2 is 1.66 bits per heavy atom. The van der Waals surface area contributed by atoms with Crippen molar-refractivity contribution in [2.24, 2.45) is 41.4 Å². The molecule has 2 saturated carbocycles. The number of ether oxygens (including phenoxy) is 1. The molecule has 0 aromatic rings. The van der Waals surface area contributed by atoms with Crippen molar-refractivity contribution in [1.82, 2.24) is 20.4 Å². The summed E-state index contributed by atoms with van der Waals surface area (Å²) in [5.74, 6) is 2.75. The van der Waals surface area contributed by atoms with E-state index < -0.39 is 9.84 Å². The van der Waals surface area contributed by atoms with Crippen LogP contribution in [0.2, 0.25) is 0 Å². The molecule has 2 amide bonds. The minimum Gasteiger partial charge on any atom is -0.379 e. The van der Waals surface area contributed by atoms with Crippen molar-refractivity contribution in [2.45, 2.75) is 104 Å². The largest absolute Gasteiger partial charge is 0.379 e. The molecule has 10 heteroatoms. The molecular formula is C34H60N4O5S. The number of sulfone groups is 1. The average Bonchev–Trinajstić information content (AvgIpc) is 2.99. The Bertz CT molecular complexity index is 1060. The van der Waals surface area contributed by atoms with Crippen LogP contribution in [0.15, 0.2) is 0 Å². The van der Waals surface area contributed by atoms with Crippen LogP contribution >= 0.6 is 0 Å². The van der Waals surface area contributed by atoms with E-state index in [0.29, 0.717) is 31.2 Å². The Hall–Kier alpha value is -1.23. The maximum Gasteiger partial charge on any atom is 0.225 e. The van der Waals surface area contributed by atoms with Crippen LogP contribution < -0.4 is 10.6 Å². The van der Waals surface area contributed by atoms with Crippen LogP contribution in [0.25, 0.3) is 0 Å². The fourth-order valence-electron chi connectivity index (χ4n) is 9.59. The van der Waals surface area contributed by atoms with Crippen LogP contribution in [0.1, 0.15) is 85.5 Å². The first-order chi connectivity index (χ1) is 21.0. The Kier molecular flexibility index (Phi) is 11.7. The lowest BCUT2D eigenvalue weighted by molar-refractivity contribution is -0.133. The number of hydrogen-bond donors (Lipinski definition) is 2. The molecule has 0 bridgehead atoms. The molecule has 0 aromatic heterocycles. The molecular weight excluding hydrogens is 576 g/mol. The molecule has 2 N–H and O–H groups in total. The zero-order valence-corrected chi connectivity index (χ0v) is 28.7. The van der Waals surface area contributed by atoms with Crippen molar-refractivity contribution in [3.63, 3.8) is 0 Å². The van der Waals surface area contributed by atoms with Crippen LogP contribution in [-0.4, -0.2) is 106 Å². The van der Waals surface area contributed by atoms with Gasteiger partial charge in [0, 0.05) is 50.2 Å². The average molecular weight is 637 g/mol. The van der Waals surface area contributed by atoms with E-state index in [0.717, 1.165) is 58.0 Å². The van der Waals surface area contributed by atoms with Crippen molar-refractivity contribution in [2.75, 3.05) is 57.4 Å². The third-order valence-electron chi connectivity index (χ3n) is 12.3. The highest BCUT2D eigenvalue weighted by atomic mass is 32.2. The van der Waals surface area contributed by atoms with Gasteiger partial charge in [-0.3, -0.25) is 19.4 Å². The number of hydrogen-bond acceptors (Lipinski definition) is 7. The predicted octanol–water partition coefficient (Wildman–Crippen LogP) is 3.33. The summed E-state index contributed by atoms with van der Waals surface area (Å²) >= 11 is 0. The number of carbonyl (C=O) groups is 2. The zero-order chi connectivity index (χ0) is 31.4. The van der Waals surface area contributed by atoms with Crippen molar-refractivity contribution in [1.29, 1.82) is 0 Å². The second-order valence-corrected chi connectivity index (χ2v) is 17.4. The maximum atomic E-state index is 14.0. The smallest absolute Gasteiger partial charge is 0.225 e. The van der Waals surface area contributed by atoms with Crippen LogP contribution in [0, 0.1) is 41.4 Å². The van der Waals surface area contributed by atoms with Gasteiger partial charge in [0.05, 0.1) is 30.6 Å². The van der Waals surface area contributed by atoms with Gasteiger partial charge in [0.15, 0.2) is 0 Å². The van der Waals surface area contributed by atoms with Crippen molar-refractivity contribution in [3.05, 3.63) is 0 Å². The highest BCUT2D eigenvalue weighted by Crippen LogP contribution is 2.46. The van der Waals surface area contributed by atoms with Crippen LogP contribution in [0.4, 0.5) is 0 Å². The molecule has 5 aliphatic rings. The molecule has 0 radical (unpaired) electrons. The second kappa shape index (κ2) is 15.1. The molecule has 3 aliphatic heterocycles. The summed E-state index contributed by atoms with van der Waals surface area (Å²) in [7, 11) is -2.93. The Morgan fingerprint density at radius 1 is 0.977 bits per heavy atom. The molecule has 7 unspecified atom stereocenters. The van der Waals surface area contributed by atoms with Gasteiger partial charge < -0.3 is 15.4 Å². The quantitative estimate of drug-likeness (QED) is 0.400. The minimum absolute atomic E-state index is 0.0576. The Morgan fingerprint density at radius 3 is 2.30 bits per heavy atom. The van der Waals surface area contributed by atoms with Gasteiger partial charge in [0.1, 0.15) is 9.84 Å². The molecule has 9 nitrogen and oxygen atoms in total. The second-order valence-electron chi connectivity index (χ2n) is 15.1. The normalized spacial score (nSPS) is 39.1. The summed E-state index contributed by atoms with van der Waals surface area (Å²) in [6, 6.07) is 0.712. The van der Waals surface area contributed by atoms with Crippen LogP contribution in [0.3, 0.4) is 0 Å². The van der Waals surface area contributed by atoms with Gasteiger partial charge in [-0.25, -0.2) is 8.42 Å². The van der Waals surface area contributed by atoms with E-state index in [9.17, 15) is 18.0 Å². The molecule has 2 aliphatic carbocycles. The number of nitrogens with zero attached hydrogens (tertiary/aromatic N) is 2. The van der Waals surface area contributed by atoms with E-state index in [1.54, 1.807) is 0 Å². The van der Waals surface area contributed by atoms with Gasteiger partial charge in [0.2, 0.25) is 11.8 Å². The topological polar surface area (TPSA) is 108 Å². The molecule has 3 saturated heterocycles. The van der Waals surface area contributed by atoms with Gasteiger partial charge in [-0.15, -0.1) is 0 Å². The minimum atomic E-state index is -2.93. The summed E-state index contributed by atoms with van der Waals surface area (Å²) in [5, 5.41) is 6.33. The molecule has 44 heavy (non-hydrogen) atoms. The van der Waals surface area contributed by atoms with Gasteiger partial charge in [0.25, 0.3) is 0 Å². The lowest BCUT2D eigenvalue weighted by atomic mass is 9.63. The van der Waals surface area contributed by atoms with Gasteiger partial charge >= 0.3 is 0 Å². The fourth-order valence-corrected chi connectivity index (χ4v) is 11.1. The maximum absolute atomic E-state index is 14.0. The summed E-state index contributed by atoms with van der Waals surface area (Å²) in [4.78, 5) is 31.9. The molecule has 5 fully saturated rings. The molecule has 0 spiro atoms. The monoisotopic (exact) mass is 636 g/mol. The van der Waals surface area contributed by atoms with Gasteiger partial charge in [-0.1, -0.05) is 20.8 Å². The van der Waals surface area contributed by atoms with Crippen molar-refractivity contribution < 1.29 is 22.7 Å². The van der Waals surface area contributed by atoms with E-state index in [1.165, 1.54) is 32.2 Å².